The minimum atomic E-state index is -2.88. The molecule has 5 heteroatoms. The molecular formula is C7H13NO2S2. The van der Waals surface area contributed by atoms with E-state index < -0.39 is 9.84 Å². The fourth-order valence-electron chi connectivity index (χ4n) is 1.59. The molecular weight excluding hydrogens is 194 g/mol. The Morgan fingerprint density at radius 1 is 1.50 bits per heavy atom. The van der Waals surface area contributed by atoms with Gasteiger partial charge in [-0.1, -0.05) is 12.2 Å². The lowest BCUT2D eigenvalue weighted by atomic mass is 10.1. The van der Waals surface area contributed by atoms with Crippen LogP contribution in [0, 0.1) is 5.92 Å². The summed E-state index contributed by atoms with van der Waals surface area (Å²) < 4.78 is 22.2. The molecule has 1 rings (SSSR count). The van der Waals surface area contributed by atoms with Crippen LogP contribution in [0.25, 0.3) is 0 Å². The van der Waals surface area contributed by atoms with Crippen LogP contribution in [-0.2, 0) is 9.84 Å². The fourth-order valence-corrected chi connectivity index (χ4v) is 2.95. The van der Waals surface area contributed by atoms with Crippen LogP contribution in [0.4, 0.5) is 0 Å². The Labute approximate surface area is 78.2 Å². The van der Waals surface area contributed by atoms with Gasteiger partial charge in [-0.2, -0.15) is 0 Å². The van der Waals surface area contributed by atoms with Gasteiger partial charge in [-0.3, -0.25) is 0 Å². The molecule has 0 aromatic rings. The Balaban J connectivity index is 2.64. The Kier molecular flexibility index (Phi) is 2.73. The molecule has 0 bridgehead atoms. The highest BCUT2D eigenvalue weighted by Crippen LogP contribution is 2.30. The molecule has 0 saturated heterocycles. The van der Waals surface area contributed by atoms with Crippen LogP contribution in [0.5, 0.6) is 0 Å². The molecule has 0 aromatic carbocycles. The van der Waals surface area contributed by atoms with E-state index in [0.29, 0.717) is 17.8 Å². The summed E-state index contributed by atoms with van der Waals surface area (Å²) in [7, 11) is -2.88. The second kappa shape index (κ2) is 3.30. The van der Waals surface area contributed by atoms with Gasteiger partial charge in [0.1, 0.15) is 9.84 Å². The van der Waals surface area contributed by atoms with E-state index in [4.69, 9.17) is 18.0 Å². The molecule has 0 radical (unpaired) electrons. The van der Waals surface area contributed by atoms with Crippen molar-refractivity contribution in [3.05, 3.63) is 0 Å². The molecule has 0 unspecified atom stereocenters. The highest BCUT2D eigenvalue weighted by Gasteiger charge is 2.32. The molecule has 1 aliphatic carbocycles. The number of sulfone groups is 1. The second-order valence-corrected chi connectivity index (χ2v) is 6.16. The summed E-state index contributed by atoms with van der Waals surface area (Å²) in [6, 6.07) is 0. The average molecular weight is 207 g/mol. The maximum atomic E-state index is 11.1. The van der Waals surface area contributed by atoms with Gasteiger partial charge in [0.25, 0.3) is 0 Å². The van der Waals surface area contributed by atoms with Crippen molar-refractivity contribution < 1.29 is 8.42 Å². The fraction of sp³-hybridized carbons (Fsp3) is 0.857. The summed E-state index contributed by atoms with van der Waals surface area (Å²) in [6.07, 6.45) is 3.43. The number of nitrogens with two attached hydrogens (primary N) is 1. The van der Waals surface area contributed by atoms with Gasteiger partial charge in [0, 0.05) is 12.2 Å². The largest absolute Gasteiger partial charge is 0.393 e. The zero-order valence-electron chi connectivity index (χ0n) is 6.99. The average Bonchev–Trinajstić information content (AvgIpc) is 2.30. The minimum absolute atomic E-state index is 0.139. The third-order valence-corrected chi connectivity index (χ3v) is 4.36. The van der Waals surface area contributed by atoms with E-state index in [1.807, 2.05) is 0 Å². The zero-order valence-corrected chi connectivity index (χ0v) is 8.62. The molecule has 0 spiro atoms. The number of hydrogen-bond acceptors (Lipinski definition) is 3. The summed E-state index contributed by atoms with van der Waals surface area (Å²) in [5, 5.41) is -0.219. The summed E-state index contributed by atoms with van der Waals surface area (Å²) in [5.41, 5.74) is 5.44. The van der Waals surface area contributed by atoms with Crippen LogP contribution in [-0.4, -0.2) is 24.9 Å². The highest BCUT2D eigenvalue weighted by molar-refractivity contribution is 7.91. The number of rotatable bonds is 2. The molecule has 1 fully saturated rings. The quantitative estimate of drug-likeness (QED) is 0.669. The molecule has 1 aliphatic rings. The lowest BCUT2D eigenvalue weighted by Crippen LogP contribution is -2.21. The second-order valence-electron chi connectivity index (χ2n) is 3.36. The molecule has 12 heavy (non-hydrogen) atoms. The highest BCUT2D eigenvalue weighted by atomic mass is 32.2. The summed E-state index contributed by atoms with van der Waals surface area (Å²) in [5.74, 6) is 0.139. The van der Waals surface area contributed by atoms with Gasteiger partial charge in [0.15, 0.2) is 0 Å². The summed E-state index contributed by atoms with van der Waals surface area (Å²) in [6.45, 7) is 0. The van der Waals surface area contributed by atoms with E-state index in [2.05, 4.69) is 0 Å². The molecule has 0 aliphatic heterocycles. The molecule has 0 heterocycles. The molecule has 2 N–H and O–H groups in total. The van der Waals surface area contributed by atoms with Crippen molar-refractivity contribution in [3.8, 4) is 0 Å². The Hall–Kier alpha value is -0.160. The number of hydrogen-bond donors (Lipinski definition) is 1. The Morgan fingerprint density at radius 3 is 2.33 bits per heavy atom. The van der Waals surface area contributed by atoms with E-state index >= 15 is 0 Å². The molecule has 3 nitrogen and oxygen atoms in total. The van der Waals surface area contributed by atoms with Crippen LogP contribution < -0.4 is 5.73 Å². The smallest absolute Gasteiger partial charge is 0.150 e. The first-order valence-electron chi connectivity index (χ1n) is 3.89. The predicted octanol–water partition coefficient (Wildman–Crippen LogP) is 0.486. The van der Waals surface area contributed by atoms with E-state index in [1.54, 1.807) is 0 Å². The topological polar surface area (TPSA) is 60.2 Å². The molecule has 0 amide bonds. The third-order valence-electron chi connectivity index (χ3n) is 2.39. The first-order chi connectivity index (χ1) is 5.41. The molecule has 0 aromatic heterocycles. The van der Waals surface area contributed by atoms with Gasteiger partial charge < -0.3 is 5.73 Å². The van der Waals surface area contributed by atoms with Crippen molar-refractivity contribution in [3.63, 3.8) is 0 Å². The van der Waals surface area contributed by atoms with E-state index in [1.165, 1.54) is 6.26 Å². The standard InChI is InChI=1S/C7H13NO2S2/c1-12(9,10)6-3-2-5(4-6)7(8)11/h5-6H,2-4H2,1H3,(H2,8,11)/t5-,6-/m0/s1. The SMILES string of the molecule is CS(=O)(=O)[C@H]1CC[C@H](C(N)=S)C1. The monoisotopic (exact) mass is 207 g/mol. The van der Waals surface area contributed by atoms with Gasteiger partial charge in [-0.05, 0) is 19.3 Å². The Morgan fingerprint density at radius 2 is 2.08 bits per heavy atom. The molecule has 70 valence electrons. The number of thiocarbonyl (C=S) groups is 1. The van der Waals surface area contributed by atoms with E-state index in [9.17, 15) is 8.42 Å². The van der Waals surface area contributed by atoms with Gasteiger partial charge in [-0.15, -0.1) is 0 Å². The third kappa shape index (κ3) is 2.17. The van der Waals surface area contributed by atoms with Gasteiger partial charge >= 0.3 is 0 Å². The molecule has 2 atom stereocenters. The van der Waals surface area contributed by atoms with Crippen molar-refractivity contribution in [1.29, 1.82) is 0 Å². The minimum Gasteiger partial charge on any atom is -0.393 e. The first kappa shape index (κ1) is 9.92. The van der Waals surface area contributed by atoms with Gasteiger partial charge in [0.2, 0.25) is 0 Å². The van der Waals surface area contributed by atoms with Crippen molar-refractivity contribution in [2.24, 2.45) is 11.7 Å². The van der Waals surface area contributed by atoms with Crippen molar-refractivity contribution in [2.75, 3.05) is 6.26 Å². The predicted molar refractivity (Wildman–Crippen MR) is 52.8 cm³/mol. The maximum absolute atomic E-state index is 11.1. The van der Waals surface area contributed by atoms with Crippen LogP contribution in [0.15, 0.2) is 0 Å². The summed E-state index contributed by atoms with van der Waals surface area (Å²) in [4.78, 5) is 0.459. The van der Waals surface area contributed by atoms with Gasteiger partial charge in [-0.25, -0.2) is 8.42 Å². The lowest BCUT2D eigenvalue weighted by molar-refractivity contribution is 0.584. The normalized spacial score (nSPS) is 30.4. The summed E-state index contributed by atoms with van der Waals surface area (Å²) >= 11 is 4.81. The van der Waals surface area contributed by atoms with Crippen LogP contribution in [0.1, 0.15) is 19.3 Å². The Bertz CT molecular complexity index is 284. The van der Waals surface area contributed by atoms with Gasteiger partial charge in [0.05, 0.1) is 10.2 Å². The first-order valence-corrected chi connectivity index (χ1v) is 6.25. The van der Waals surface area contributed by atoms with Crippen molar-refractivity contribution in [2.45, 2.75) is 24.5 Å². The van der Waals surface area contributed by atoms with Crippen LogP contribution in [0.3, 0.4) is 0 Å². The van der Waals surface area contributed by atoms with Crippen LogP contribution >= 0.6 is 12.2 Å². The lowest BCUT2D eigenvalue weighted by Gasteiger charge is -2.07. The van der Waals surface area contributed by atoms with Crippen molar-refractivity contribution >= 4 is 27.0 Å². The van der Waals surface area contributed by atoms with E-state index in [-0.39, 0.29) is 11.2 Å². The molecule has 1 saturated carbocycles. The zero-order chi connectivity index (χ0) is 9.35. The van der Waals surface area contributed by atoms with E-state index in [0.717, 1.165) is 6.42 Å². The van der Waals surface area contributed by atoms with Crippen LogP contribution in [0.2, 0.25) is 0 Å². The maximum Gasteiger partial charge on any atom is 0.150 e. The van der Waals surface area contributed by atoms with Crippen molar-refractivity contribution in [1.82, 2.24) is 0 Å².